The van der Waals surface area contributed by atoms with Crippen molar-refractivity contribution in [3.05, 3.63) is 64.5 Å². The summed E-state index contributed by atoms with van der Waals surface area (Å²) in [5.41, 5.74) is 1.56. The molecule has 0 spiro atoms. The van der Waals surface area contributed by atoms with Gasteiger partial charge in [0.15, 0.2) is 6.61 Å². The summed E-state index contributed by atoms with van der Waals surface area (Å²) >= 11 is 0. The molecular formula is C19H17NO5. The summed E-state index contributed by atoms with van der Waals surface area (Å²) in [5.74, 6) is 0.693. The van der Waals surface area contributed by atoms with Crippen LogP contribution in [0.2, 0.25) is 0 Å². The number of hydrogen-bond donors (Lipinski definition) is 1. The molecule has 1 aromatic heterocycles. The smallest absolute Gasteiger partial charge is 0.336 e. The van der Waals surface area contributed by atoms with Gasteiger partial charge in [0, 0.05) is 17.5 Å². The Labute approximate surface area is 144 Å². The summed E-state index contributed by atoms with van der Waals surface area (Å²) in [6.07, 6.45) is 0. The van der Waals surface area contributed by atoms with Gasteiger partial charge in [-0.2, -0.15) is 0 Å². The summed E-state index contributed by atoms with van der Waals surface area (Å²) in [7, 11) is 1.54. The highest BCUT2D eigenvalue weighted by atomic mass is 16.5. The maximum absolute atomic E-state index is 12.1. The summed E-state index contributed by atoms with van der Waals surface area (Å²) in [6, 6.07) is 13.6. The molecule has 1 heterocycles. The SMILES string of the molecule is COc1ccc(C)cc1NC(=O)COc1ccc2ccc(=O)oc2c1. The van der Waals surface area contributed by atoms with Gasteiger partial charge in [-0.1, -0.05) is 6.07 Å². The second kappa shape index (κ2) is 7.09. The van der Waals surface area contributed by atoms with E-state index in [0.717, 1.165) is 10.9 Å². The molecule has 0 atom stereocenters. The Morgan fingerprint density at radius 3 is 2.72 bits per heavy atom. The zero-order valence-corrected chi connectivity index (χ0v) is 13.9. The molecule has 1 amide bonds. The van der Waals surface area contributed by atoms with Gasteiger partial charge >= 0.3 is 5.63 Å². The Balaban J connectivity index is 1.68. The third kappa shape index (κ3) is 3.98. The normalized spacial score (nSPS) is 10.5. The molecular weight excluding hydrogens is 322 g/mol. The zero-order valence-electron chi connectivity index (χ0n) is 13.9. The van der Waals surface area contributed by atoms with Crippen LogP contribution in [0, 0.1) is 6.92 Å². The highest BCUT2D eigenvalue weighted by Gasteiger charge is 2.09. The van der Waals surface area contributed by atoms with Crippen LogP contribution in [0.1, 0.15) is 5.56 Å². The van der Waals surface area contributed by atoms with E-state index in [-0.39, 0.29) is 12.5 Å². The Kier molecular flexibility index (Phi) is 4.70. The van der Waals surface area contributed by atoms with E-state index >= 15 is 0 Å². The molecule has 0 saturated heterocycles. The maximum atomic E-state index is 12.1. The van der Waals surface area contributed by atoms with E-state index < -0.39 is 5.63 Å². The quantitative estimate of drug-likeness (QED) is 0.723. The number of benzene rings is 2. The van der Waals surface area contributed by atoms with Crippen LogP contribution in [0.25, 0.3) is 11.0 Å². The Hall–Kier alpha value is -3.28. The number of ether oxygens (including phenoxy) is 2. The molecule has 0 unspecified atom stereocenters. The van der Waals surface area contributed by atoms with Gasteiger partial charge in [-0.25, -0.2) is 4.79 Å². The van der Waals surface area contributed by atoms with E-state index in [1.54, 1.807) is 37.4 Å². The number of rotatable bonds is 5. The lowest BCUT2D eigenvalue weighted by Crippen LogP contribution is -2.20. The first-order chi connectivity index (χ1) is 12.0. The molecule has 6 nitrogen and oxygen atoms in total. The van der Waals surface area contributed by atoms with Crippen molar-refractivity contribution in [2.45, 2.75) is 6.92 Å². The van der Waals surface area contributed by atoms with Crippen molar-refractivity contribution >= 4 is 22.6 Å². The summed E-state index contributed by atoms with van der Waals surface area (Å²) in [5, 5.41) is 3.54. The van der Waals surface area contributed by atoms with E-state index in [9.17, 15) is 9.59 Å². The Morgan fingerprint density at radius 1 is 1.12 bits per heavy atom. The molecule has 3 aromatic rings. The summed E-state index contributed by atoms with van der Waals surface area (Å²) < 4.78 is 15.8. The Morgan fingerprint density at radius 2 is 1.92 bits per heavy atom. The molecule has 0 aliphatic heterocycles. The van der Waals surface area contributed by atoms with Crippen LogP contribution in [0.4, 0.5) is 5.69 Å². The molecule has 3 rings (SSSR count). The summed E-state index contributed by atoms with van der Waals surface area (Å²) in [6.45, 7) is 1.74. The van der Waals surface area contributed by atoms with Crippen LogP contribution in [0.5, 0.6) is 11.5 Å². The van der Waals surface area contributed by atoms with Crippen LogP contribution in [-0.2, 0) is 4.79 Å². The number of anilines is 1. The molecule has 0 radical (unpaired) electrons. The van der Waals surface area contributed by atoms with Gasteiger partial charge in [-0.05, 0) is 42.8 Å². The minimum absolute atomic E-state index is 0.181. The number of methoxy groups -OCH3 is 1. The van der Waals surface area contributed by atoms with Crippen LogP contribution in [0.3, 0.4) is 0 Å². The number of carbonyl (C=O) groups is 1. The predicted molar refractivity (Wildman–Crippen MR) is 94.3 cm³/mol. The maximum Gasteiger partial charge on any atom is 0.336 e. The highest BCUT2D eigenvalue weighted by Crippen LogP contribution is 2.25. The third-order valence-electron chi connectivity index (χ3n) is 3.59. The molecule has 0 bridgehead atoms. The first-order valence-corrected chi connectivity index (χ1v) is 7.66. The van der Waals surface area contributed by atoms with Crippen LogP contribution >= 0.6 is 0 Å². The highest BCUT2D eigenvalue weighted by molar-refractivity contribution is 5.93. The minimum Gasteiger partial charge on any atom is -0.495 e. The van der Waals surface area contributed by atoms with Crippen molar-refractivity contribution in [1.82, 2.24) is 0 Å². The second-order valence-electron chi connectivity index (χ2n) is 5.49. The van der Waals surface area contributed by atoms with Crippen molar-refractivity contribution in [3.63, 3.8) is 0 Å². The number of aryl methyl sites for hydroxylation is 1. The van der Waals surface area contributed by atoms with E-state index in [4.69, 9.17) is 13.9 Å². The molecule has 0 aliphatic carbocycles. The topological polar surface area (TPSA) is 77.8 Å². The number of hydrogen-bond acceptors (Lipinski definition) is 5. The lowest BCUT2D eigenvalue weighted by molar-refractivity contribution is -0.118. The monoisotopic (exact) mass is 339 g/mol. The molecule has 25 heavy (non-hydrogen) atoms. The molecule has 6 heteroatoms. The fourth-order valence-electron chi connectivity index (χ4n) is 2.39. The largest absolute Gasteiger partial charge is 0.495 e. The van der Waals surface area contributed by atoms with Crippen LogP contribution in [-0.4, -0.2) is 19.6 Å². The number of carbonyl (C=O) groups excluding carboxylic acids is 1. The van der Waals surface area contributed by atoms with Crippen molar-refractivity contribution in [1.29, 1.82) is 0 Å². The van der Waals surface area contributed by atoms with Crippen molar-refractivity contribution in [2.75, 3.05) is 19.0 Å². The molecule has 2 aromatic carbocycles. The predicted octanol–water partition coefficient (Wildman–Crippen LogP) is 3.13. The standard InChI is InChI=1S/C19H17NO5/c1-12-3-7-16(23-2)15(9-12)20-18(21)11-24-14-6-4-13-5-8-19(22)25-17(13)10-14/h3-10H,11H2,1-2H3,(H,20,21). The van der Waals surface area contributed by atoms with E-state index in [0.29, 0.717) is 22.8 Å². The summed E-state index contributed by atoms with van der Waals surface area (Å²) in [4.78, 5) is 23.4. The first kappa shape index (κ1) is 16.6. The molecule has 128 valence electrons. The van der Waals surface area contributed by atoms with E-state index in [2.05, 4.69) is 5.32 Å². The fraction of sp³-hybridized carbons (Fsp3) is 0.158. The van der Waals surface area contributed by atoms with Gasteiger partial charge in [0.25, 0.3) is 5.91 Å². The van der Waals surface area contributed by atoms with E-state index in [1.165, 1.54) is 6.07 Å². The molecule has 0 saturated carbocycles. The minimum atomic E-state index is -0.436. The number of nitrogens with one attached hydrogen (secondary N) is 1. The lowest BCUT2D eigenvalue weighted by atomic mass is 10.2. The fourth-order valence-corrected chi connectivity index (χ4v) is 2.39. The van der Waals surface area contributed by atoms with Gasteiger partial charge in [-0.15, -0.1) is 0 Å². The van der Waals surface area contributed by atoms with E-state index in [1.807, 2.05) is 19.1 Å². The third-order valence-corrected chi connectivity index (χ3v) is 3.59. The average molecular weight is 339 g/mol. The second-order valence-corrected chi connectivity index (χ2v) is 5.49. The first-order valence-electron chi connectivity index (χ1n) is 7.66. The van der Waals surface area contributed by atoms with Crippen LogP contribution < -0.4 is 20.4 Å². The van der Waals surface area contributed by atoms with Crippen LogP contribution in [0.15, 0.2) is 57.7 Å². The van der Waals surface area contributed by atoms with Gasteiger partial charge in [0.2, 0.25) is 0 Å². The average Bonchev–Trinajstić information content (AvgIpc) is 2.60. The number of fused-ring (bicyclic) bond motifs is 1. The number of amides is 1. The van der Waals surface area contributed by atoms with Crippen molar-refractivity contribution < 1.29 is 18.7 Å². The van der Waals surface area contributed by atoms with Crippen molar-refractivity contribution in [2.24, 2.45) is 0 Å². The van der Waals surface area contributed by atoms with Crippen molar-refractivity contribution in [3.8, 4) is 11.5 Å². The molecule has 1 N–H and O–H groups in total. The van der Waals surface area contributed by atoms with Gasteiger partial charge < -0.3 is 19.2 Å². The van der Waals surface area contributed by atoms with Gasteiger partial charge in [-0.3, -0.25) is 4.79 Å². The Bertz CT molecular complexity index is 977. The van der Waals surface area contributed by atoms with Gasteiger partial charge in [0.1, 0.15) is 17.1 Å². The molecule has 0 aliphatic rings. The van der Waals surface area contributed by atoms with Gasteiger partial charge in [0.05, 0.1) is 12.8 Å². The molecule has 0 fully saturated rings. The lowest BCUT2D eigenvalue weighted by Gasteiger charge is -2.11. The zero-order chi connectivity index (χ0) is 17.8.